The van der Waals surface area contributed by atoms with Crippen LogP contribution in [0.2, 0.25) is 0 Å². The number of imidazole rings is 1. The van der Waals surface area contributed by atoms with Crippen LogP contribution in [-0.2, 0) is 6.67 Å². The van der Waals surface area contributed by atoms with E-state index in [0.717, 1.165) is 5.69 Å². The van der Waals surface area contributed by atoms with Gasteiger partial charge in [0.05, 0.1) is 6.33 Å². The number of nitrogens with zero attached hydrogens (tertiary/aromatic N) is 5. The molecule has 0 N–H and O–H groups in total. The third-order valence-electron chi connectivity index (χ3n) is 1.20. The minimum Gasteiger partial charge on any atom is -0.329 e. The first-order valence-electron chi connectivity index (χ1n) is 2.82. The highest BCUT2D eigenvalue weighted by Crippen LogP contribution is 1.95. The number of azide groups is 1. The van der Waals surface area contributed by atoms with Gasteiger partial charge in [0.25, 0.3) is 0 Å². The predicted octanol–water partition coefficient (Wildman–Crippen LogP) is 1.46. The molecule has 0 aliphatic rings. The molecule has 0 atom stereocenters. The summed E-state index contributed by atoms with van der Waals surface area (Å²) in [5.41, 5.74) is 8.97. The minimum absolute atomic E-state index is 0.322. The van der Waals surface area contributed by atoms with Gasteiger partial charge in [-0.25, -0.2) is 4.98 Å². The Morgan fingerprint density at radius 2 is 2.70 bits per heavy atom. The van der Waals surface area contributed by atoms with E-state index in [4.69, 9.17) is 5.53 Å². The first-order chi connectivity index (χ1) is 4.84. The zero-order valence-corrected chi connectivity index (χ0v) is 5.60. The van der Waals surface area contributed by atoms with Crippen molar-refractivity contribution < 1.29 is 0 Å². The Hall–Kier alpha value is -1.48. The maximum absolute atomic E-state index is 7.98. The molecule has 1 aromatic heterocycles. The van der Waals surface area contributed by atoms with Gasteiger partial charge in [-0.3, -0.25) is 0 Å². The largest absolute Gasteiger partial charge is 0.329 e. The summed E-state index contributed by atoms with van der Waals surface area (Å²) in [6.07, 6.45) is 3.34. The second-order valence-corrected chi connectivity index (χ2v) is 1.88. The zero-order valence-electron chi connectivity index (χ0n) is 5.60. The van der Waals surface area contributed by atoms with E-state index in [1.807, 2.05) is 6.92 Å². The molecule has 0 saturated carbocycles. The highest BCUT2D eigenvalue weighted by Gasteiger charge is 1.90. The lowest BCUT2D eigenvalue weighted by Crippen LogP contribution is -1.93. The number of hydrogen-bond donors (Lipinski definition) is 0. The summed E-state index contributed by atoms with van der Waals surface area (Å²) < 4.78 is 1.76. The Morgan fingerprint density at radius 1 is 1.90 bits per heavy atom. The van der Waals surface area contributed by atoms with E-state index < -0.39 is 0 Å². The maximum Gasteiger partial charge on any atom is 0.103 e. The van der Waals surface area contributed by atoms with Crippen LogP contribution in [0.3, 0.4) is 0 Å². The molecule has 5 heteroatoms. The molecule has 0 saturated heterocycles. The molecule has 0 aliphatic heterocycles. The molecule has 0 bridgehead atoms. The summed E-state index contributed by atoms with van der Waals surface area (Å²) in [7, 11) is 0. The third kappa shape index (κ3) is 1.27. The van der Waals surface area contributed by atoms with E-state index >= 15 is 0 Å². The van der Waals surface area contributed by atoms with Gasteiger partial charge in [0.1, 0.15) is 6.67 Å². The van der Waals surface area contributed by atoms with Gasteiger partial charge in [-0.05, 0) is 12.5 Å². The normalized spacial score (nSPS) is 8.90. The summed E-state index contributed by atoms with van der Waals surface area (Å²) in [5, 5.41) is 3.38. The van der Waals surface area contributed by atoms with Gasteiger partial charge < -0.3 is 4.57 Å². The summed E-state index contributed by atoms with van der Waals surface area (Å²) >= 11 is 0. The lowest BCUT2D eigenvalue weighted by atomic mass is 10.5. The molecule has 10 heavy (non-hydrogen) atoms. The summed E-state index contributed by atoms with van der Waals surface area (Å²) in [4.78, 5) is 6.48. The van der Waals surface area contributed by atoms with Gasteiger partial charge in [0.15, 0.2) is 0 Å². The van der Waals surface area contributed by atoms with Crippen LogP contribution in [0.15, 0.2) is 17.6 Å². The number of aryl methyl sites for hydroxylation is 1. The summed E-state index contributed by atoms with van der Waals surface area (Å²) in [5.74, 6) is 0. The van der Waals surface area contributed by atoms with Gasteiger partial charge in [0, 0.05) is 16.8 Å². The zero-order chi connectivity index (χ0) is 7.40. The van der Waals surface area contributed by atoms with Crippen molar-refractivity contribution in [2.24, 2.45) is 5.11 Å². The third-order valence-corrected chi connectivity index (χ3v) is 1.20. The van der Waals surface area contributed by atoms with Crippen LogP contribution in [0, 0.1) is 6.92 Å². The van der Waals surface area contributed by atoms with E-state index in [-0.39, 0.29) is 0 Å². The maximum atomic E-state index is 7.98. The fraction of sp³-hybridized carbons (Fsp3) is 0.400. The van der Waals surface area contributed by atoms with Crippen LogP contribution in [0.5, 0.6) is 0 Å². The Kier molecular flexibility index (Phi) is 1.92. The fourth-order valence-electron chi connectivity index (χ4n) is 0.631. The van der Waals surface area contributed by atoms with E-state index in [0.29, 0.717) is 6.67 Å². The van der Waals surface area contributed by atoms with Crippen LogP contribution in [0.25, 0.3) is 10.4 Å². The molecule has 52 valence electrons. The van der Waals surface area contributed by atoms with Crippen LogP contribution in [0.1, 0.15) is 5.69 Å². The molecule has 0 fully saturated rings. The Bertz CT molecular complexity index is 257. The number of hydrogen-bond acceptors (Lipinski definition) is 2. The van der Waals surface area contributed by atoms with Crippen LogP contribution in [-0.4, -0.2) is 9.55 Å². The number of rotatable bonds is 2. The standard InChI is InChI=1S/C5H7N5/c1-5-2-7-3-10(5)4-8-9-6/h2-3H,4H2,1H3. The second kappa shape index (κ2) is 2.89. The van der Waals surface area contributed by atoms with Crippen molar-refractivity contribution in [3.05, 3.63) is 28.7 Å². The van der Waals surface area contributed by atoms with E-state index in [1.54, 1.807) is 17.1 Å². The fourth-order valence-corrected chi connectivity index (χ4v) is 0.631. The average Bonchev–Trinajstić information content (AvgIpc) is 2.31. The highest BCUT2D eigenvalue weighted by molar-refractivity contribution is 4.93. The van der Waals surface area contributed by atoms with Crippen molar-refractivity contribution in [1.29, 1.82) is 0 Å². The minimum atomic E-state index is 0.322. The van der Waals surface area contributed by atoms with Crippen LogP contribution in [0.4, 0.5) is 0 Å². The Labute approximate surface area is 57.9 Å². The smallest absolute Gasteiger partial charge is 0.103 e. The van der Waals surface area contributed by atoms with Gasteiger partial charge in [-0.1, -0.05) is 5.11 Å². The average molecular weight is 137 g/mol. The lowest BCUT2D eigenvalue weighted by molar-refractivity contribution is 0.705. The van der Waals surface area contributed by atoms with Crippen molar-refractivity contribution in [3.63, 3.8) is 0 Å². The van der Waals surface area contributed by atoms with Crippen molar-refractivity contribution in [3.8, 4) is 0 Å². The molecule has 1 aromatic rings. The molecule has 5 nitrogen and oxygen atoms in total. The van der Waals surface area contributed by atoms with E-state index in [9.17, 15) is 0 Å². The molecule has 0 aliphatic carbocycles. The first-order valence-corrected chi connectivity index (χ1v) is 2.82. The van der Waals surface area contributed by atoms with Gasteiger partial charge in [-0.15, -0.1) is 0 Å². The lowest BCUT2D eigenvalue weighted by Gasteiger charge is -1.95. The van der Waals surface area contributed by atoms with Crippen molar-refractivity contribution >= 4 is 0 Å². The summed E-state index contributed by atoms with van der Waals surface area (Å²) in [6, 6.07) is 0. The molecule has 1 heterocycles. The Morgan fingerprint density at radius 3 is 3.20 bits per heavy atom. The van der Waals surface area contributed by atoms with E-state index in [2.05, 4.69) is 15.0 Å². The van der Waals surface area contributed by atoms with Crippen LogP contribution >= 0.6 is 0 Å². The molecular formula is C5H7N5. The number of aromatic nitrogens is 2. The van der Waals surface area contributed by atoms with Crippen LogP contribution < -0.4 is 0 Å². The van der Waals surface area contributed by atoms with Crippen molar-refractivity contribution in [1.82, 2.24) is 9.55 Å². The SMILES string of the molecule is Cc1cncn1CN=[N+]=[N-]. The summed E-state index contributed by atoms with van der Waals surface area (Å²) in [6.45, 7) is 2.22. The molecule has 0 spiro atoms. The van der Waals surface area contributed by atoms with Gasteiger partial charge in [0.2, 0.25) is 0 Å². The topological polar surface area (TPSA) is 66.6 Å². The van der Waals surface area contributed by atoms with Crippen molar-refractivity contribution in [2.75, 3.05) is 0 Å². The van der Waals surface area contributed by atoms with Gasteiger partial charge in [-0.2, -0.15) is 0 Å². The highest BCUT2D eigenvalue weighted by atomic mass is 15.2. The van der Waals surface area contributed by atoms with E-state index in [1.165, 1.54) is 0 Å². The monoisotopic (exact) mass is 137 g/mol. The Balaban J connectivity index is 2.74. The molecule has 0 aromatic carbocycles. The molecular weight excluding hydrogens is 130 g/mol. The molecule has 1 rings (SSSR count). The molecule has 0 amide bonds. The first kappa shape index (κ1) is 6.64. The predicted molar refractivity (Wildman–Crippen MR) is 36.1 cm³/mol. The molecule has 0 unspecified atom stereocenters. The quantitative estimate of drug-likeness (QED) is 0.345. The van der Waals surface area contributed by atoms with Gasteiger partial charge >= 0.3 is 0 Å². The second-order valence-electron chi connectivity index (χ2n) is 1.88. The van der Waals surface area contributed by atoms with Crippen molar-refractivity contribution in [2.45, 2.75) is 13.6 Å². The molecule has 0 radical (unpaired) electrons.